The SMILES string of the molecule is N#CC=C1C=CC=NC1S(=O)(=O)C1N=CC=CC1=CC#N. The Morgan fingerprint density at radius 2 is 1.38 bits per heavy atom. The molecule has 0 N–H and O–H groups in total. The molecule has 7 heteroatoms. The van der Waals surface area contributed by atoms with Gasteiger partial charge in [-0.2, -0.15) is 10.5 Å². The lowest BCUT2D eigenvalue weighted by Gasteiger charge is -2.22. The fourth-order valence-corrected chi connectivity index (χ4v) is 3.74. The molecule has 0 radical (unpaired) electrons. The highest BCUT2D eigenvalue weighted by Gasteiger charge is 2.37. The summed E-state index contributed by atoms with van der Waals surface area (Å²) in [6.45, 7) is 0. The van der Waals surface area contributed by atoms with E-state index in [1.807, 2.05) is 12.1 Å². The van der Waals surface area contributed by atoms with Crippen molar-refractivity contribution in [2.45, 2.75) is 10.7 Å². The average Bonchev–Trinajstić information content (AvgIpc) is 2.49. The number of allylic oxidation sites excluding steroid dienone is 4. The van der Waals surface area contributed by atoms with Crippen molar-refractivity contribution in [3.8, 4) is 12.1 Å². The summed E-state index contributed by atoms with van der Waals surface area (Å²) >= 11 is 0. The molecular weight excluding hydrogens is 288 g/mol. The van der Waals surface area contributed by atoms with E-state index in [2.05, 4.69) is 9.98 Å². The van der Waals surface area contributed by atoms with Gasteiger partial charge in [0, 0.05) is 35.7 Å². The Balaban J connectivity index is 2.47. The first-order chi connectivity index (χ1) is 10.1. The first-order valence-corrected chi connectivity index (χ1v) is 7.54. The van der Waals surface area contributed by atoms with E-state index in [4.69, 9.17) is 10.5 Å². The summed E-state index contributed by atoms with van der Waals surface area (Å²) in [6, 6.07) is 3.62. The molecule has 21 heavy (non-hydrogen) atoms. The summed E-state index contributed by atoms with van der Waals surface area (Å²) in [5.74, 6) is 0. The number of sulfone groups is 1. The molecule has 0 aromatic heterocycles. The Kier molecular flexibility index (Phi) is 4.27. The van der Waals surface area contributed by atoms with Gasteiger partial charge in [0.15, 0.2) is 10.7 Å². The van der Waals surface area contributed by atoms with Crippen LogP contribution in [0.1, 0.15) is 0 Å². The van der Waals surface area contributed by atoms with Crippen LogP contribution in [0.4, 0.5) is 0 Å². The highest BCUT2D eigenvalue weighted by atomic mass is 32.2. The zero-order valence-corrected chi connectivity index (χ0v) is 11.6. The normalized spacial score (nSPS) is 27.7. The number of rotatable bonds is 2. The second-order valence-electron chi connectivity index (χ2n) is 4.16. The van der Waals surface area contributed by atoms with E-state index in [9.17, 15) is 8.42 Å². The molecule has 0 bridgehead atoms. The van der Waals surface area contributed by atoms with Crippen LogP contribution in [-0.4, -0.2) is 31.6 Å². The number of nitriles is 2. The van der Waals surface area contributed by atoms with Gasteiger partial charge in [-0.05, 0) is 12.2 Å². The summed E-state index contributed by atoms with van der Waals surface area (Å²) in [5.41, 5.74) is 0.558. The van der Waals surface area contributed by atoms with E-state index in [0.717, 1.165) is 12.2 Å². The Hall–Kier alpha value is -2.77. The summed E-state index contributed by atoms with van der Waals surface area (Å²) < 4.78 is 25.4. The smallest absolute Gasteiger partial charge is 0.204 e. The molecule has 2 rings (SSSR count). The number of hydrogen-bond donors (Lipinski definition) is 0. The summed E-state index contributed by atoms with van der Waals surface area (Å²) in [7, 11) is -3.86. The molecule has 2 heterocycles. The molecule has 2 aliphatic rings. The van der Waals surface area contributed by atoms with Crippen LogP contribution in [0.15, 0.2) is 57.6 Å². The van der Waals surface area contributed by atoms with E-state index in [0.29, 0.717) is 0 Å². The largest absolute Gasteiger partial charge is 0.269 e. The van der Waals surface area contributed by atoms with Crippen molar-refractivity contribution in [1.29, 1.82) is 10.5 Å². The maximum atomic E-state index is 12.7. The van der Waals surface area contributed by atoms with Crippen LogP contribution in [-0.2, 0) is 9.84 Å². The highest BCUT2D eigenvalue weighted by molar-refractivity contribution is 7.93. The van der Waals surface area contributed by atoms with Crippen LogP contribution < -0.4 is 0 Å². The van der Waals surface area contributed by atoms with Crippen LogP contribution in [0, 0.1) is 22.7 Å². The molecular formula is C14H10N4O2S. The quantitative estimate of drug-likeness (QED) is 0.714. The fourth-order valence-electron chi connectivity index (χ4n) is 1.96. The van der Waals surface area contributed by atoms with E-state index in [-0.39, 0.29) is 11.1 Å². The molecule has 2 unspecified atom stereocenters. The average molecular weight is 298 g/mol. The molecule has 6 nitrogen and oxygen atoms in total. The van der Waals surface area contributed by atoms with Crippen molar-refractivity contribution in [2.24, 2.45) is 9.98 Å². The van der Waals surface area contributed by atoms with E-state index < -0.39 is 20.6 Å². The van der Waals surface area contributed by atoms with Gasteiger partial charge in [0.2, 0.25) is 9.84 Å². The molecule has 0 saturated heterocycles. The van der Waals surface area contributed by atoms with Gasteiger partial charge in [-0.25, -0.2) is 8.42 Å². The number of dihydropyridines is 2. The number of aliphatic imine (C=N–C) groups is 2. The van der Waals surface area contributed by atoms with Crippen molar-refractivity contribution >= 4 is 22.3 Å². The predicted octanol–water partition coefficient (Wildman–Crippen LogP) is 1.23. The highest BCUT2D eigenvalue weighted by Crippen LogP contribution is 2.27. The first-order valence-electron chi connectivity index (χ1n) is 5.93. The fraction of sp³-hybridized carbons (Fsp3) is 0.143. The molecule has 0 aromatic rings. The first kappa shape index (κ1) is 14.6. The molecule has 2 aliphatic heterocycles. The number of hydrogen-bond acceptors (Lipinski definition) is 6. The van der Waals surface area contributed by atoms with E-state index in [1.54, 1.807) is 12.2 Å². The van der Waals surface area contributed by atoms with Crippen molar-refractivity contribution in [2.75, 3.05) is 0 Å². The van der Waals surface area contributed by atoms with Crippen LogP contribution in [0.2, 0.25) is 0 Å². The van der Waals surface area contributed by atoms with Gasteiger partial charge in [0.05, 0.1) is 12.1 Å². The molecule has 0 saturated carbocycles. The second kappa shape index (κ2) is 6.12. The summed E-state index contributed by atoms with van der Waals surface area (Å²) in [6.07, 6.45) is 11.2. The third kappa shape index (κ3) is 2.88. The maximum Gasteiger partial charge on any atom is 0.204 e. The minimum absolute atomic E-state index is 0.279. The standard InChI is InChI=1S/C14H10N4O2S/c15-7-5-11-3-1-9-17-13(11)21(19,20)14-12(6-8-16)4-2-10-18-14/h1-6,9-10,13-14H. The zero-order chi connectivity index (χ0) is 15.3. The zero-order valence-electron chi connectivity index (χ0n) is 10.8. The second-order valence-corrected chi connectivity index (χ2v) is 6.23. The van der Waals surface area contributed by atoms with Crippen molar-refractivity contribution in [3.63, 3.8) is 0 Å². The topological polar surface area (TPSA) is 106 Å². The van der Waals surface area contributed by atoms with Gasteiger partial charge >= 0.3 is 0 Å². The molecule has 0 amide bonds. The van der Waals surface area contributed by atoms with E-state index in [1.165, 1.54) is 24.6 Å². The van der Waals surface area contributed by atoms with Crippen LogP contribution >= 0.6 is 0 Å². The minimum atomic E-state index is -3.86. The predicted molar refractivity (Wildman–Crippen MR) is 79.2 cm³/mol. The Bertz CT molecular complexity index is 737. The number of nitrogens with zero attached hydrogens (tertiary/aromatic N) is 4. The third-order valence-corrected chi connectivity index (χ3v) is 4.88. The Morgan fingerprint density at radius 3 is 1.76 bits per heavy atom. The van der Waals surface area contributed by atoms with E-state index >= 15 is 0 Å². The monoisotopic (exact) mass is 298 g/mol. The van der Waals surface area contributed by atoms with Crippen molar-refractivity contribution < 1.29 is 8.42 Å². The molecule has 0 aliphatic carbocycles. The maximum absolute atomic E-state index is 12.7. The van der Waals surface area contributed by atoms with Crippen LogP contribution in [0.3, 0.4) is 0 Å². The molecule has 0 spiro atoms. The molecule has 2 atom stereocenters. The lowest BCUT2D eigenvalue weighted by Crippen LogP contribution is -2.33. The van der Waals surface area contributed by atoms with Crippen molar-refractivity contribution in [3.05, 3.63) is 47.6 Å². The molecule has 0 aromatic carbocycles. The van der Waals surface area contributed by atoms with Gasteiger partial charge in [0.1, 0.15) is 0 Å². The van der Waals surface area contributed by atoms with Crippen molar-refractivity contribution in [1.82, 2.24) is 0 Å². The lowest BCUT2D eigenvalue weighted by atomic mass is 10.2. The molecule has 104 valence electrons. The Morgan fingerprint density at radius 1 is 0.952 bits per heavy atom. The lowest BCUT2D eigenvalue weighted by molar-refractivity contribution is 0.580. The summed E-state index contributed by atoms with van der Waals surface area (Å²) in [4.78, 5) is 7.89. The van der Waals surface area contributed by atoms with Gasteiger partial charge in [-0.3, -0.25) is 9.98 Å². The minimum Gasteiger partial charge on any atom is -0.269 e. The Labute approximate surface area is 122 Å². The van der Waals surface area contributed by atoms with Gasteiger partial charge in [0.25, 0.3) is 0 Å². The van der Waals surface area contributed by atoms with Crippen LogP contribution in [0.25, 0.3) is 0 Å². The summed E-state index contributed by atoms with van der Waals surface area (Å²) in [5, 5.41) is 15.1. The third-order valence-electron chi connectivity index (χ3n) is 2.85. The van der Waals surface area contributed by atoms with Gasteiger partial charge in [-0.15, -0.1) is 0 Å². The molecule has 0 fully saturated rings. The van der Waals surface area contributed by atoms with Crippen LogP contribution in [0.5, 0.6) is 0 Å². The van der Waals surface area contributed by atoms with Gasteiger partial charge < -0.3 is 0 Å². The van der Waals surface area contributed by atoms with Gasteiger partial charge in [-0.1, -0.05) is 12.2 Å².